The maximum Gasteiger partial charge on any atom is 0.149 e. The van der Waals surface area contributed by atoms with Gasteiger partial charge in [-0.2, -0.15) is 0 Å². The van der Waals surface area contributed by atoms with E-state index in [9.17, 15) is 10.0 Å². The average molecular weight is 244 g/mol. The SMILES string of the molecule is O=Nc1ccc(C#CCN2CCCCC2)cc1O. The number of piperidine rings is 1. The minimum Gasteiger partial charge on any atom is -0.506 e. The number of hydrogen-bond acceptors (Lipinski definition) is 4. The largest absolute Gasteiger partial charge is 0.506 e. The molecule has 0 amide bonds. The van der Waals surface area contributed by atoms with Crippen LogP contribution in [0.3, 0.4) is 0 Å². The summed E-state index contributed by atoms with van der Waals surface area (Å²) in [6.07, 6.45) is 3.82. The lowest BCUT2D eigenvalue weighted by atomic mass is 10.1. The van der Waals surface area contributed by atoms with Gasteiger partial charge in [0.05, 0.1) is 6.54 Å². The molecule has 1 saturated heterocycles. The molecule has 1 aliphatic heterocycles. The number of nitrogens with zero attached hydrogens (tertiary/aromatic N) is 2. The van der Waals surface area contributed by atoms with Crippen molar-refractivity contribution in [2.45, 2.75) is 19.3 Å². The predicted octanol–water partition coefficient (Wildman–Crippen LogP) is 2.63. The smallest absolute Gasteiger partial charge is 0.149 e. The monoisotopic (exact) mass is 244 g/mol. The van der Waals surface area contributed by atoms with Crippen molar-refractivity contribution in [2.24, 2.45) is 5.18 Å². The minimum atomic E-state index is -0.116. The van der Waals surface area contributed by atoms with Crippen LogP contribution in [0.1, 0.15) is 24.8 Å². The van der Waals surface area contributed by atoms with Gasteiger partial charge in [0, 0.05) is 5.56 Å². The van der Waals surface area contributed by atoms with E-state index in [1.165, 1.54) is 31.4 Å². The van der Waals surface area contributed by atoms with Crippen molar-refractivity contribution >= 4 is 5.69 Å². The molecule has 1 aromatic rings. The maximum absolute atomic E-state index is 10.3. The van der Waals surface area contributed by atoms with E-state index in [-0.39, 0.29) is 11.4 Å². The lowest BCUT2D eigenvalue weighted by molar-refractivity contribution is 0.255. The van der Waals surface area contributed by atoms with Crippen molar-refractivity contribution in [1.82, 2.24) is 4.90 Å². The summed E-state index contributed by atoms with van der Waals surface area (Å²) in [4.78, 5) is 12.6. The van der Waals surface area contributed by atoms with Crippen LogP contribution in [-0.4, -0.2) is 29.6 Å². The Morgan fingerprint density at radius 3 is 2.72 bits per heavy atom. The molecule has 94 valence electrons. The zero-order chi connectivity index (χ0) is 12.8. The van der Waals surface area contributed by atoms with E-state index in [1.807, 2.05) is 0 Å². The molecular weight excluding hydrogens is 228 g/mol. The Hall–Kier alpha value is -1.86. The molecular formula is C14H16N2O2. The fourth-order valence-electron chi connectivity index (χ4n) is 2.05. The molecule has 2 rings (SSSR count). The summed E-state index contributed by atoms with van der Waals surface area (Å²) in [6.45, 7) is 3.00. The predicted molar refractivity (Wildman–Crippen MR) is 70.7 cm³/mol. The first-order valence-corrected chi connectivity index (χ1v) is 6.17. The van der Waals surface area contributed by atoms with Gasteiger partial charge in [0.2, 0.25) is 0 Å². The van der Waals surface area contributed by atoms with Gasteiger partial charge in [0.1, 0.15) is 11.4 Å². The number of aromatic hydroxyl groups is 1. The highest BCUT2D eigenvalue weighted by Gasteiger charge is 2.07. The molecule has 0 aromatic heterocycles. The Morgan fingerprint density at radius 1 is 1.28 bits per heavy atom. The first-order valence-electron chi connectivity index (χ1n) is 6.17. The van der Waals surface area contributed by atoms with Gasteiger partial charge in [-0.1, -0.05) is 18.3 Å². The van der Waals surface area contributed by atoms with Gasteiger partial charge in [-0.3, -0.25) is 4.90 Å². The Kier molecular flexibility index (Phi) is 4.32. The number of hydrogen-bond donors (Lipinski definition) is 1. The van der Waals surface area contributed by atoms with Crippen LogP contribution in [0.2, 0.25) is 0 Å². The Labute approximate surface area is 107 Å². The zero-order valence-corrected chi connectivity index (χ0v) is 10.2. The van der Waals surface area contributed by atoms with Crippen LogP contribution < -0.4 is 0 Å². The first kappa shape index (κ1) is 12.6. The molecule has 1 heterocycles. The van der Waals surface area contributed by atoms with E-state index in [4.69, 9.17) is 0 Å². The van der Waals surface area contributed by atoms with E-state index in [1.54, 1.807) is 6.07 Å². The van der Waals surface area contributed by atoms with Crippen LogP contribution in [-0.2, 0) is 0 Å². The van der Waals surface area contributed by atoms with Crippen LogP contribution in [0.15, 0.2) is 23.4 Å². The quantitative estimate of drug-likeness (QED) is 0.642. The molecule has 0 spiro atoms. The Bertz CT molecular complexity index is 482. The van der Waals surface area contributed by atoms with Crippen molar-refractivity contribution in [3.05, 3.63) is 28.7 Å². The lowest BCUT2D eigenvalue weighted by Crippen LogP contribution is -2.29. The van der Waals surface area contributed by atoms with Crippen LogP contribution in [0.5, 0.6) is 5.75 Å². The molecule has 0 atom stereocenters. The Morgan fingerprint density at radius 2 is 2.06 bits per heavy atom. The van der Waals surface area contributed by atoms with Crippen molar-refractivity contribution in [3.8, 4) is 17.6 Å². The third-order valence-electron chi connectivity index (χ3n) is 3.06. The molecule has 0 aliphatic carbocycles. The van der Waals surface area contributed by atoms with Crippen molar-refractivity contribution in [2.75, 3.05) is 19.6 Å². The fraction of sp³-hybridized carbons (Fsp3) is 0.429. The van der Waals surface area contributed by atoms with Crippen LogP contribution in [0, 0.1) is 16.7 Å². The second-order valence-electron chi connectivity index (χ2n) is 4.43. The molecule has 0 bridgehead atoms. The molecule has 0 saturated carbocycles. The third kappa shape index (κ3) is 3.31. The van der Waals surface area contributed by atoms with Crippen molar-refractivity contribution in [3.63, 3.8) is 0 Å². The van der Waals surface area contributed by atoms with Gasteiger partial charge in [0.25, 0.3) is 0 Å². The zero-order valence-electron chi connectivity index (χ0n) is 10.2. The fourth-order valence-corrected chi connectivity index (χ4v) is 2.05. The van der Waals surface area contributed by atoms with Gasteiger partial charge in [-0.25, -0.2) is 0 Å². The molecule has 4 nitrogen and oxygen atoms in total. The van der Waals surface area contributed by atoms with Gasteiger partial charge < -0.3 is 5.11 Å². The van der Waals surface area contributed by atoms with Gasteiger partial charge in [-0.05, 0) is 49.3 Å². The van der Waals surface area contributed by atoms with Crippen molar-refractivity contribution < 1.29 is 5.11 Å². The van der Waals surface area contributed by atoms with E-state index >= 15 is 0 Å². The second kappa shape index (κ2) is 6.18. The van der Waals surface area contributed by atoms with Crippen LogP contribution >= 0.6 is 0 Å². The summed E-state index contributed by atoms with van der Waals surface area (Å²) in [5.74, 6) is 5.96. The normalized spacial score (nSPS) is 15.8. The Balaban J connectivity index is 1.96. The number of phenols is 1. The van der Waals surface area contributed by atoms with E-state index in [0.717, 1.165) is 19.6 Å². The number of benzene rings is 1. The first-order chi connectivity index (χ1) is 8.79. The summed E-state index contributed by atoms with van der Waals surface area (Å²) in [5, 5.41) is 12.2. The number of phenolic OH excluding ortho intramolecular Hbond substituents is 1. The van der Waals surface area contributed by atoms with E-state index in [2.05, 4.69) is 21.9 Å². The summed E-state index contributed by atoms with van der Waals surface area (Å²) in [6, 6.07) is 4.65. The average Bonchev–Trinajstić information content (AvgIpc) is 2.40. The lowest BCUT2D eigenvalue weighted by Gasteiger charge is -2.23. The number of nitroso groups, excluding NO2 is 1. The minimum absolute atomic E-state index is 0.0524. The maximum atomic E-state index is 10.3. The van der Waals surface area contributed by atoms with Gasteiger partial charge in [0.15, 0.2) is 0 Å². The highest BCUT2D eigenvalue weighted by Crippen LogP contribution is 2.26. The number of likely N-dealkylation sites (tertiary alicyclic amines) is 1. The van der Waals surface area contributed by atoms with Crippen LogP contribution in [0.25, 0.3) is 0 Å². The molecule has 1 aliphatic rings. The second-order valence-corrected chi connectivity index (χ2v) is 4.43. The van der Waals surface area contributed by atoms with Gasteiger partial charge >= 0.3 is 0 Å². The summed E-state index contributed by atoms with van der Waals surface area (Å²) >= 11 is 0. The summed E-state index contributed by atoms with van der Waals surface area (Å²) in [7, 11) is 0. The van der Waals surface area contributed by atoms with Crippen LogP contribution in [0.4, 0.5) is 5.69 Å². The van der Waals surface area contributed by atoms with E-state index < -0.39 is 0 Å². The molecule has 1 aromatic carbocycles. The third-order valence-corrected chi connectivity index (χ3v) is 3.06. The summed E-state index contributed by atoms with van der Waals surface area (Å²) in [5.41, 5.74) is 0.758. The standard InChI is InChI=1S/C14H16N2O2/c17-14-11-12(6-7-13(14)15-18)5-4-10-16-8-2-1-3-9-16/h6-7,11,17H,1-3,8-10H2. The van der Waals surface area contributed by atoms with Gasteiger partial charge in [-0.15, -0.1) is 4.91 Å². The molecule has 4 heteroatoms. The molecule has 0 unspecified atom stereocenters. The molecule has 18 heavy (non-hydrogen) atoms. The molecule has 0 radical (unpaired) electrons. The highest BCUT2D eigenvalue weighted by atomic mass is 16.3. The highest BCUT2D eigenvalue weighted by molar-refractivity contribution is 5.55. The number of rotatable bonds is 2. The topological polar surface area (TPSA) is 52.9 Å². The molecule has 1 N–H and O–H groups in total. The summed E-state index contributed by atoms with van der Waals surface area (Å²) < 4.78 is 0. The van der Waals surface area contributed by atoms with E-state index in [0.29, 0.717) is 5.56 Å². The van der Waals surface area contributed by atoms with Crippen molar-refractivity contribution in [1.29, 1.82) is 0 Å². The molecule has 1 fully saturated rings.